The first-order chi connectivity index (χ1) is 12.5. The van der Waals surface area contributed by atoms with Gasteiger partial charge in [-0.15, -0.1) is 0 Å². The van der Waals surface area contributed by atoms with Crippen molar-refractivity contribution in [2.24, 2.45) is 5.92 Å². The molecule has 1 aromatic rings. The van der Waals surface area contributed by atoms with E-state index in [0.29, 0.717) is 0 Å². The molecule has 1 aliphatic rings. The molecule has 27 heavy (non-hydrogen) atoms. The normalized spacial score (nSPS) is 28.3. The zero-order chi connectivity index (χ0) is 20.6. The maximum absolute atomic E-state index is 14.3. The number of alkyl halides is 4. The summed E-state index contributed by atoms with van der Waals surface area (Å²) in [6.07, 6.45) is -6.46. The second-order valence-electron chi connectivity index (χ2n) is 6.30. The smallest absolute Gasteiger partial charge is 0.417 e. The van der Waals surface area contributed by atoms with E-state index in [0.717, 1.165) is 26.2 Å². The van der Waals surface area contributed by atoms with Crippen molar-refractivity contribution in [3.8, 4) is 5.75 Å². The van der Waals surface area contributed by atoms with Crippen molar-refractivity contribution in [2.75, 3.05) is 19.0 Å². The fourth-order valence-corrected chi connectivity index (χ4v) is 3.38. The van der Waals surface area contributed by atoms with Crippen LogP contribution in [0.5, 0.6) is 5.75 Å². The van der Waals surface area contributed by atoms with Crippen LogP contribution in [0.2, 0.25) is 0 Å². The van der Waals surface area contributed by atoms with Crippen molar-refractivity contribution in [3.05, 3.63) is 29.3 Å². The number of esters is 1. The van der Waals surface area contributed by atoms with Gasteiger partial charge in [0.25, 0.3) is 0 Å². The molecule has 0 aromatic heterocycles. The summed E-state index contributed by atoms with van der Waals surface area (Å²) in [5.74, 6) is -6.72. The standard InChI is InChI=1S/C17H18BrF5O4/c1-8-11(9-4-5-10(19)12(20)13(9)26-7-6-18)14(15(24)25-3)27-16(8,2)17(21,22)23/h4-5,8,11,14H,6-7H2,1-3H3/t8-,11-,14+,16+/m0/s1. The van der Waals surface area contributed by atoms with Crippen LogP contribution < -0.4 is 4.74 Å². The predicted molar refractivity (Wildman–Crippen MR) is 88.9 cm³/mol. The molecule has 152 valence electrons. The first-order valence-electron chi connectivity index (χ1n) is 7.98. The lowest BCUT2D eigenvalue weighted by Crippen LogP contribution is -2.47. The van der Waals surface area contributed by atoms with Gasteiger partial charge in [0, 0.05) is 22.7 Å². The molecule has 1 heterocycles. The van der Waals surface area contributed by atoms with Crippen molar-refractivity contribution < 1.29 is 41.0 Å². The lowest BCUT2D eigenvalue weighted by atomic mass is 9.77. The maximum atomic E-state index is 14.3. The molecular weight excluding hydrogens is 443 g/mol. The Bertz CT molecular complexity index is 711. The Morgan fingerprint density at radius 3 is 2.48 bits per heavy atom. The quantitative estimate of drug-likeness (QED) is 0.372. The number of halogens is 6. The van der Waals surface area contributed by atoms with E-state index >= 15 is 0 Å². The Morgan fingerprint density at radius 1 is 1.33 bits per heavy atom. The van der Waals surface area contributed by atoms with Crippen molar-refractivity contribution in [1.82, 2.24) is 0 Å². The Balaban J connectivity index is 2.63. The highest BCUT2D eigenvalue weighted by atomic mass is 79.9. The Labute approximate surface area is 161 Å². The fraction of sp³-hybridized carbons (Fsp3) is 0.588. The molecule has 0 radical (unpaired) electrons. The van der Waals surface area contributed by atoms with Gasteiger partial charge in [0.05, 0.1) is 13.7 Å². The van der Waals surface area contributed by atoms with E-state index in [1.165, 1.54) is 6.92 Å². The summed E-state index contributed by atoms with van der Waals surface area (Å²) in [5.41, 5.74) is -2.78. The molecule has 0 bridgehead atoms. The van der Waals surface area contributed by atoms with Crippen LogP contribution in [0.4, 0.5) is 22.0 Å². The van der Waals surface area contributed by atoms with Gasteiger partial charge in [0.2, 0.25) is 5.82 Å². The minimum atomic E-state index is -4.80. The van der Waals surface area contributed by atoms with Crippen LogP contribution in [-0.2, 0) is 14.3 Å². The Morgan fingerprint density at radius 2 is 1.96 bits per heavy atom. The number of hydrogen-bond acceptors (Lipinski definition) is 4. The van der Waals surface area contributed by atoms with Gasteiger partial charge in [-0.1, -0.05) is 28.9 Å². The molecule has 0 saturated carbocycles. The monoisotopic (exact) mass is 460 g/mol. The summed E-state index contributed by atoms with van der Waals surface area (Å²) in [7, 11) is 1.00. The topological polar surface area (TPSA) is 44.8 Å². The lowest BCUT2D eigenvalue weighted by Gasteiger charge is -2.32. The molecule has 1 aromatic carbocycles. The van der Waals surface area contributed by atoms with Gasteiger partial charge < -0.3 is 14.2 Å². The molecule has 1 fully saturated rings. The highest BCUT2D eigenvalue weighted by Gasteiger charge is 2.66. The van der Waals surface area contributed by atoms with Crippen molar-refractivity contribution >= 4 is 21.9 Å². The SMILES string of the molecule is COC(=O)[C@@H]1O[C@@](C)(C(F)(F)F)[C@@H](C)[C@H]1c1ccc(F)c(F)c1OCCBr. The number of rotatable bonds is 5. The lowest BCUT2D eigenvalue weighted by molar-refractivity contribution is -0.274. The molecular formula is C17H18BrF5O4. The predicted octanol–water partition coefficient (Wildman–Crippen LogP) is 4.35. The molecule has 0 amide bonds. The van der Waals surface area contributed by atoms with E-state index in [9.17, 15) is 26.7 Å². The first kappa shape index (κ1) is 21.9. The van der Waals surface area contributed by atoms with Crippen LogP contribution in [0.15, 0.2) is 12.1 Å². The summed E-state index contributed by atoms with van der Waals surface area (Å²) in [5, 5.41) is 0.278. The zero-order valence-electron chi connectivity index (χ0n) is 14.7. The summed E-state index contributed by atoms with van der Waals surface area (Å²) in [6, 6.07) is 1.88. The Hall–Kier alpha value is -1.42. The van der Waals surface area contributed by atoms with Gasteiger partial charge in [-0.05, 0) is 13.0 Å². The summed E-state index contributed by atoms with van der Waals surface area (Å²) >= 11 is 3.07. The number of ether oxygens (including phenoxy) is 3. The third kappa shape index (κ3) is 3.78. The van der Waals surface area contributed by atoms with E-state index in [1.807, 2.05) is 0 Å². The third-order valence-electron chi connectivity index (χ3n) is 4.87. The van der Waals surface area contributed by atoms with Crippen molar-refractivity contribution in [1.29, 1.82) is 0 Å². The number of carbonyl (C=O) groups excluding carboxylic acids is 1. The van der Waals surface area contributed by atoms with Crippen LogP contribution in [0, 0.1) is 17.6 Å². The van der Waals surface area contributed by atoms with Gasteiger partial charge >= 0.3 is 12.1 Å². The summed E-state index contributed by atoms with van der Waals surface area (Å²) in [6.45, 7) is 1.98. The number of methoxy groups -OCH3 is 1. The Kier molecular flexibility index (Phi) is 6.40. The van der Waals surface area contributed by atoms with Crippen LogP contribution in [0.25, 0.3) is 0 Å². The van der Waals surface area contributed by atoms with E-state index in [4.69, 9.17) is 9.47 Å². The van der Waals surface area contributed by atoms with E-state index in [-0.39, 0.29) is 17.5 Å². The molecule has 4 atom stereocenters. The molecule has 0 N–H and O–H groups in total. The molecule has 1 aliphatic heterocycles. The van der Waals surface area contributed by atoms with Crippen molar-refractivity contribution in [3.63, 3.8) is 0 Å². The van der Waals surface area contributed by atoms with Gasteiger partial charge in [-0.25, -0.2) is 9.18 Å². The zero-order valence-corrected chi connectivity index (χ0v) is 16.3. The minimum absolute atomic E-state index is 0.0608. The first-order valence-corrected chi connectivity index (χ1v) is 9.10. The highest BCUT2D eigenvalue weighted by molar-refractivity contribution is 9.09. The number of benzene rings is 1. The molecule has 0 unspecified atom stereocenters. The minimum Gasteiger partial charge on any atom is -0.489 e. The van der Waals surface area contributed by atoms with E-state index < -0.39 is 53.1 Å². The van der Waals surface area contributed by atoms with E-state index in [2.05, 4.69) is 20.7 Å². The van der Waals surface area contributed by atoms with Gasteiger partial charge in [0.15, 0.2) is 23.3 Å². The highest BCUT2D eigenvalue weighted by Crippen LogP contribution is 2.55. The van der Waals surface area contributed by atoms with E-state index in [1.54, 1.807) is 0 Å². The van der Waals surface area contributed by atoms with Crippen LogP contribution in [0.1, 0.15) is 25.3 Å². The molecule has 1 saturated heterocycles. The third-order valence-corrected chi connectivity index (χ3v) is 5.19. The van der Waals surface area contributed by atoms with Crippen LogP contribution in [0.3, 0.4) is 0 Å². The summed E-state index contributed by atoms with van der Waals surface area (Å²) in [4.78, 5) is 12.1. The van der Waals surface area contributed by atoms with Gasteiger partial charge in [-0.3, -0.25) is 0 Å². The number of carbonyl (C=O) groups is 1. The fourth-order valence-electron chi connectivity index (χ4n) is 3.21. The largest absolute Gasteiger partial charge is 0.489 e. The molecule has 2 rings (SSSR count). The molecule has 4 nitrogen and oxygen atoms in total. The summed E-state index contributed by atoms with van der Waals surface area (Å²) < 4.78 is 83.7. The molecule has 0 spiro atoms. The second kappa shape index (κ2) is 7.90. The molecule has 10 heteroatoms. The van der Waals surface area contributed by atoms with Crippen LogP contribution in [-0.4, -0.2) is 42.9 Å². The van der Waals surface area contributed by atoms with Gasteiger partial charge in [0.1, 0.15) is 0 Å². The average Bonchev–Trinajstić information content (AvgIpc) is 2.88. The van der Waals surface area contributed by atoms with Crippen LogP contribution >= 0.6 is 15.9 Å². The second-order valence-corrected chi connectivity index (χ2v) is 7.09. The van der Waals surface area contributed by atoms with Gasteiger partial charge in [-0.2, -0.15) is 17.6 Å². The molecule has 0 aliphatic carbocycles. The van der Waals surface area contributed by atoms with Crippen molar-refractivity contribution in [2.45, 2.75) is 37.6 Å². The number of hydrogen-bond donors (Lipinski definition) is 0. The maximum Gasteiger partial charge on any atom is 0.417 e. The average molecular weight is 461 g/mol.